The Morgan fingerprint density at radius 3 is 2.61 bits per heavy atom. The van der Waals surface area contributed by atoms with Gasteiger partial charge in [0.1, 0.15) is 0 Å². The minimum Gasteiger partial charge on any atom is -0.314 e. The van der Waals surface area contributed by atoms with E-state index >= 15 is 0 Å². The molecule has 6 heteroatoms. The third kappa shape index (κ3) is 3.47. The van der Waals surface area contributed by atoms with Crippen molar-refractivity contribution in [2.24, 2.45) is 0 Å². The molecule has 0 unspecified atom stereocenters. The van der Waals surface area contributed by atoms with Gasteiger partial charge in [0.25, 0.3) is 0 Å². The summed E-state index contributed by atoms with van der Waals surface area (Å²) in [7, 11) is -3.20. The Balaban J connectivity index is 2.26. The summed E-state index contributed by atoms with van der Waals surface area (Å²) in [5.74, 6) is 0. The van der Waals surface area contributed by atoms with E-state index in [2.05, 4.69) is 22.8 Å². The molecule has 0 aromatic heterocycles. The van der Waals surface area contributed by atoms with E-state index in [1.807, 2.05) is 12.1 Å². The summed E-state index contributed by atoms with van der Waals surface area (Å²) in [5.41, 5.74) is 0.859. The van der Waals surface area contributed by atoms with Gasteiger partial charge in [-0.15, -0.1) is 12.6 Å². The highest BCUT2D eigenvalue weighted by molar-refractivity contribution is 7.90. The Bertz CT molecular complexity index is 523. The van der Waals surface area contributed by atoms with E-state index in [9.17, 15) is 8.42 Å². The smallest absolute Gasteiger partial charge is 0.175 e. The number of hydrogen-bond donors (Lipinski definition) is 2. The number of benzene rings is 1. The first-order chi connectivity index (χ1) is 8.47. The molecule has 4 nitrogen and oxygen atoms in total. The number of rotatable bonds is 3. The maximum atomic E-state index is 11.8. The van der Waals surface area contributed by atoms with Crippen molar-refractivity contribution in [2.45, 2.75) is 16.3 Å². The molecule has 1 fully saturated rings. The van der Waals surface area contributed by atoms with Gasteiger partial charge in [0, 0.05) is 43.9 Å². The molecule has 2 rings (SSSR count). The standard InChI is InChI=1S/C12H18N2O2S2/c1-18(15,16)12-8-11(17)3-2-10(12)9-14-6-4-13-5-7-14/h2-3,8,13,17H,4-7,9H2,1H3. The van der Waals surface area contributed by atoms with Crippen LogP contribution in [0.4, 0.5) is 0 Å². The molecule has 1 saturated heterocycles. The number of sulfone groups is 1. The normalized spacial score (nSPS) is 17.9. The second-order valence-corrected chi connectivity index (χ2v) is 7.09. The fourth-order valence-corrected chi connectivity index (χ4v) is 3.37. The summed E-state index contributed by atoms with van der Waals surface area (Å²) in [6.07, 6.45) is 1.25. The molecule has 1 aliphatic rings. The summed E-state index contributed by atoms with van der Waals surface area (Å²) in [6, 6.07) is 5.34. The van der Waals surface area contributed by atoms with E-state index in [4.69, 9.17) is 0 Å². The van der Waals surface area contributed by atoms with Gasteiger partial charge in [0.15, 0.2) is 9.84 Å². The third-order valence-corrected chi connectivity index (χ3v) is 4.51. The molecule has 0 aliphatic carbocycles. The Morgan fingerprint density at radius 1 is 1.33 bits per heavy atom. The van der Waals surface area contributed by atoms with Crippen molar-refractivity contribution in [1.29, 1.82) is 0 Å². The number of nitrogens with one attached hydrogen (secondary N) is 1. The molecular weight excluding hydrogens is 268 g/mol. The lowest BCUT2D eigenvalue weighted by Gasteiger charge is -2.27. The SMILES string of the molecule is CS(=O)(=O)c1cc(S)ccc1CN1CCNCC1. The van der Waals surface area contributed by atoms with Crippen LogP contribution in [-0.2, 0) is 16.4 Å². The van der Waals surface area contributed by atoms with Crippen LogP contribution in [0.3, 0.4) is 0 Å². The average molecular weight is 286 g/mol. The highest BCUT2D eigenvalue weighted by Gasteiger charge is 2.17. The number of thiol groups is 1. The van der Waals surface area contributed by atoms with Crippen LogP contribution in [0.2, 0.25) is 0 Å². The van der Waals surface area contributed by atoms with Gasteiger partial charge >= 0.3 is 0 Å². The number of piperazine rings is 1. The van der Waals surface area contributed by atoms with Crippen LogP contribution in [0.15, 0.2) is 28.0 Å². The van der Waals surface area contributed by atoms with E-state index in [1.54, 1.807) is 6.07 Å². The summed E-state index contributed by atoms with van der Waals surface area (Å²) in [4.78, 5) is 3.34. The summed E-state index contributed by atoms with van der Waals surface area (Å²) in [5, 5.41) is 3.28. The van der Waals surface area contributed by atoms with E-state index in [1.165, 1.54) is 6.26 Å². The van der Waals surface area contributed by atoms with Crippen molar-refractivity contribution in [3.8, 4) is 0 Å². The molecule has 1 heterocycles. The highest BCUT2D eigenvalue weighted by Crippen LogP contribution is 2.21. The van der Waals surface area contributed by atoms with Crippen molar-refractivity contribution in [3.05, 3.63) is 23.8 Å². The van der Waals surface area contributed by atoms with Crippen molar-refractivity contribution < 1.29 is 8.42 Å². The summed E-state index contributed by atoms with van der Waals surface area (Å²) >= 11 is 4.21. The molecule has 1 aliphatic heterocycles. The molecule has 0 spiro atoms. The Labute approximate surface area is 114 Å². The lowest BCUT2D eigenvalue weighted by molar-refractivity contribution is 0.231. The molecule has 0 radical (unpaired) electrons. The van der Waals surface area contributed by atoms with E-state index in [0.29, 0.717) is 16.3 Å². The van der Waals surface area contributed by atoms with Gasteiger partial charge in [-0.3, -0.25) is 4.90 Å². The summed E-state index contributed by atoms with van der Waals surface area (Å²) in [6.45, 7) is 4.49. The van der Waals surface area contributed by atoms with E-state index in [0.717, 1.165) is 31.7 Å². The largest absolute Gasteiger partial charge is 0.314 e. The Hall–Kier alpha value is -0.560. The average Bonchev–Trinajstić information content (AvgIpc) is 2.31. The van der Waals surface area contributed by atoms with Crippen LogP contribution in [0.5, 0.6) is 0 Å². The Kier molecular flexibility index (Phi) is 4.32. The first-order valence-electron chi connectivity index (χ1n) is 5.92. The minimum atomic E-state index is -3.20. The van der Waals surface area contributed by atoms with Crippen LogP contribution < -0.4 is 5.32 Å². The van der Waals surface area contributed by atoms with Gasteiger partial charge in [-0.1, -0.05) is 6.07 Å². The van der Waals surface area contributed by atoms with Gasteiger partial charge in [-0.2, -0.15) is 0 Å². The molecule has 100 valence electrons. The van der Waals surface area contributed by atoms with Crippen LogP contribution >= 0.6 is 12.6 Å². The Morgan fingerprint density at radius 2 is 2.00 bits per heavy atom. The number of hydrogen-bond acceptors (Lipinski definition) is 5. The fraction of sp³-hybridized carbons (Fsp3) is 0.500. The fourth-order valence-electron chi connectivity index (χ4n) is 2.13. The van der Waals surface area contributed by atoms with Gasteiger partial charge in [-0.25, -0.2) is 8.42 Å². The molecular formula is C12H18N2O2S2. The van der Waals surface area contributed by atoms with Gasteiger partial charge in [0.2, 0.25) is 0 Å². The van der Waals surface area contributed by atoms with Crippen LogP contribution in [0.25, 0.3) is 0 Å². The van der Waals surface area contributed by atoms with Crippen molar-refractivity contribution in [2.75, 3.05) is 32.4 Å². The molecule has 1 N–H and O–H groups in total. The van der Waals surface area contributed by atoms with E-state index in [-0.39, 0.29) is 0 Å². The lowest BCUT2D eigenvalue weighted by Crippen LogP contribution is -2.43. The molecule has 0 amide bonds. The molecule has 1 aromatic rings. The van der Waals surface area contributed by atoms with Gasteiger partial charge in [-0.05, 0) is 17.7 Å². The zero-order valence-electron chi connectivity index (χ0n) is 10.4. The van der Waals surface area contributed by atoms with Crippen molar-refractivity contribution in [1.82, 2.24) is 10.2 Å². The second kappa shape index (κ2) is 5.61. The molecule has 0 atom stereocenters. The zero-order chi connectivity index (χ0) is 13.2. The van der Waals surface area contributed by atoms with Crippen LogP contribution in [0, 0.1) is 0 Å². The molecule has 1 aromatic carbocycles. The van der Waals surface area contributed by atoms with Crippen LogP contribution in [0.1, 0.15) is 5.56 Å². The van der Waals surface area contributed by atoms with Crippen LogP contribution in [-0.4, -0.2) is 45.8 Å². The minimum absolute atomic E-state index is 0.397. The topological polar surface area (TPSA) is 49.4 Å². The van der Waals surface area contributed by atoms with Crippen molar-refractivity contribution >= 4 is 22.5 Å². The van der Waals surface area contributed by atoms with Crippen molar-refractivity contribution in [3.63, 3.8) is 0 Å². The first kappa shape index (κ1) is 13.9. The molecule has 0 saturated carbocycles. The highest BCUT2D eigenvalue weighted by atomic mass is 32.2. The third-order valence-electron chi connectivity index (χ3n) is 3.05. The maximum absolute atomic E-state index is 11.8. The number of nitrogens with zero attached hydrogens (tertiary/aromatic N) is 1. The van der Waals surface area contributed by atoms with E-state index < -0.39 is 9.84 Å². The maximum Gasteiger partial charge on any atom is 0.175 e. The summed E-state index contributed by atoms with van der Waals surface area (Å²) < 4.78 is 23.6. The first-order valence-corrected chi connectivity index (χ1v) is 8.26. The van der Waals surface area contributed by atoms with Gasteiger partial charge < -0.3 is 5.32 Å². The predicted octanol–water partition coefficient (Wildman–Crippen LogP) is 0.784. The molecule has 18 heavy (non-hydrogen) atoms. The quantitative estimate of drug-likeness (QED) is 0.807. The molecule has 0 bridgehead atoms. The lowest BCUT2D eigenvalue weighted by atomic mass is 10.2. The second-order valence-electron chi connectivity index (χ2n) is 4.59. The van der Waals surface area contributed by atoms with Gasteiger partial charge in [0.05, 0.1) is 4.90 Å². The monoisotopic (exact) mass is 286 g/mol. The predicted molar refractivity (Wildman–Crippen MR) is 75.0 cm³/mol. The zero-order valence-corrected chi connectivity index (χ0v) is 12.1.